The van der Waals surface area contributed by atoms with Crippen LogP contribution >= 0.6 is 0 Å². The fourth-order valence-corrected chi connectivity index (χ4v) is 2.86. The van der Waals surface area contributed by atoms with Crippen molar-refractivity contribution in [3.8, 4) is 0 Å². The molecule has 0 atom stereocenters. The van der Waals surface area contributed by atoms with Gasteiger partial charge < -0.3 is 10.6 Å². The van der Waals surface area contributed by atoms with E-state index in [4.69, 9.17) is 0 Å². The predicted octanol–water partition coefficient (Wildman–Crippen LogP) is 2.40. The molecule has 9 heteroatoms. The van der Waals surface area contributed by atoms with Crippen LogP contribution in [-0.2, 0) is 17.9 Å². The van der Waals surface area contributed by atoms with Crippen molar-refractivity contribution in [3.05, 3.63) is 88.2 Å². The third-order valence-corrected chi connectivity index (χ3v) is 4.47. The molecule has 4 aromatic rings. The topological polar surface area (TPSA) is 93.3 Å². The minimum atomic E-state index is -0.462. The predicted molar refractivity (Wildman–Crippen MR) is 110 cm³/mol. The number of benzene rings is 2. The minimum Gasteiger partial charge on any atom is -0.350 e. The maximum absolute atomic E-state index is 12.9. The van der Waals surface area contributed by atoms with Crippen molar-refractivity contribution in [2.24, 2.45) is 0 Å². The Morgan fingerprint density at radius 2 is 1.80 bits per heavy atom. The molecule has 8 nitrogen and oxygen atoms in total. The first-order valence-corrected chi connectivity index (χ1v) is 9.29. The van der Waals surface area contributed by atoms with Gasteiger partial charge in [0.2, 0.25) is 5.91 Å². The second kappa shape index (κ2) is 8.16. The molecule has 2 N–H and O–H groups in total. The fourth-order valence-electron chi connectivity index (χ4n) is 2.86. The van der Waals surface area contributed by atoms with Crippen molar-refractivity contribution >= 4 is 23.2 Å². The molecule has 2 heterocycles. The quantitative estimate of drug-likeness (QED) is 0.513. The number of aryl methyl sites for hydroxylation is 1. The number of rotatable bonds is 6. The summed E-state index contributed by atoms with van der Waals surface area (Å²) in [5, 5.41) is 9.98. The summed E-state index contributed by atoms with van der Waals surface area (Å²) in [6, 6.07) is 15.3. The highest BCUT2D eigenvalue weighted by Crippen LogP contribution is 2.15. The molecule has 0 bridgehead atoms. The Bertz CT molecular complexity index is 1250. The second-order valence-electron chi connectivity index (χ2n) is 6.82. The Morgan fingerprint density at radius 1 is 1.07 bits per heavy atom. The van der Waals surface area contributed by atoms with E-state index in [1.165, 1.54) is 16.5 Å². The molecule has 2 aromatic carbocycles. The number of hydrogen-bond donors (Lipinski definition) is 2. The Labute approximate surface area is 171 Å². The van der Waals surface area contributed by atoms with Gasteiger partial charge in [-0.15, -0.1) is 5.10 Å². The number of carbonyl (C=O) groups excluding carboxylic acids is 1. The molecule has 0 spiro atoms. The maximum Gasteiger partial charge on any atom is 0.352 e. The van der Waals surface area contributed by atoms with Gasteiger partial charge in [-0.25, -0.2) is 18.3 Å². The summed E-state index contributed by atoms with van der Waals surface area (Å²) in [6.07, 6.45) is 1.56. The number of fused-ring (bicyclic) bond motifs is 1. The highest BCUT2D eigenvalue weighted by molar-refractivity contribution is 5.75. The van der Waals surface area contributed by atoms with Crippen molar-refractivity contribution in [1.82, 2.24) is 24.5 Å². The van der Waals surface area contributed by atoms with Crippen LogP contribution in [-0.4, -0.2) is 25.1 Å². The van der Waals surface area contributed by atoms with E-state index < -0.39 is 5.69 Å². The average molecular weight is 406 g/mol. The molecule has 0 aliphatic rings. The number of amides is 1. The third kappa shape index (κ3) is 4.35. The summed E-state index contributed by atoms with van der Waals surface area (Å²) >= 11 is 0. The summed E-state index contributed by atoms with van der Waals surface area (Å²) in [5.74, 6) is -0.0133. The zero-order valence-corrected chi connectivity index (χ0v) is 16.2. The van der Waals surface area contributed by atoms with Gasteiger partial charge >= 0.3 is 5.69 Å². The van der Waals surface area contributed by atoms with Crippen LogP contribution in [0.1, 0.15) is 11.1 Å². The van der Waals surface area contributed by atoms with Gasteiger partial charge in [-0.05, 0) is 42.8 Å². The van der Waals surface area contributed by atoms with Crippen LogP contribution in [0.25, 0.3) is 5.78 Å². The summed E-state index contributed by atoms with van der Waals surface area (Å²) in [5.41, 5.74) is 2.29. The van der Waals surface area contributed by atoms with Crippen molar-refractivity contribution in [2.45, 2.75) is 20.0 Å². The third-order valence-electron chi connectivity index (χ3n) is 4.47. The molecular weight excluding hydrogens is 387 g/mol. The molecule has 0 saturated carbocycles. The summed E-state index contributed by atoms with van der Waals surface area (Å²) in [4.78, 5) is 29.0. The van der Waals surface area contributed by atoms with Crippen molar-refractivity contribution in [2.75, 3.05) is 5.32 Å². The average Bonchev–Trinajstić information content (AvgIpc) is 3.04. The number of carbonyl (C=O) groups is 1. The fraction of sp³-hybridized carbons (Fsp3) is 0.143. The SMILES string of the molecule is Cc1ccc(Nc2ccn3c(=O)n(CC(=O)NCc4ccc(F)cc4)nc3n2)cc1. The normalized spacial score (nSPS) is 10.9. The molecule has 4 rings (SSSR count). The number of halogens is 1. The van der Waals surface area contributed by atoms with Crippen LogP contribution < -0.4 is 16.3 Å². The van der Waals surface area contributed by atoms with E-state index in [0.29, 0.717) is 5.82 Å². The van der Waals surface area contributed by atoms with Crippen LogP contribution in [0.5, 0.6) is 0 Å². The van der Waals surface area contributed by atoms with Crippen molar-refractivity contribution in [3.63, 3.8) is 0 Å². The van der Waals surface area contributed by atoms with Gasteiger partial charge in [-0.3, -0.25) is 4.79 Å². The lowest BCUT2D eigenvalue weighted by Gasteiger charge is -2.05. The molecule has 2 aromatic heterocycles. The van der Waals surface area contributed by atoms with Crippen molar-refractivity contribution in [1.29, 1.82) is 0 Å². The zero-order valence-electron chi connectivity index (χ0n) is 16.2. The number of hydrogen-bond acceptors (Lipinski definition) is 5. The number of nitrogens with zero attached hydrogens (tertiary/aromatic N) is 4. The van der Waals surface area contributed by atoms with Crippen LogP contribution in [0.2, 0.25) is 0 Å². The van der Waals surface area contributed by atoms with Crippen molar-refractivity contribution < 1.29 is 9.18 Å². The van der Waals surface area contributed by atoms with Gasteiger partial charge in [-0.1, -0.05) is 29.8 Å². The first-order chi connectivity index (χ1) is 14.5. The standard InChI is InChI=1S/C21H19FN6O2/c1-14-2-8-17(9-3-14)24-18-10-11-27-20(25-18)26-28(21(27)30)13-19(29)23-12-15-4-6-16(22)7-5-15/h2-11H,12-13H2,1H3,(H,23,29)(H,24,25,26). The lowest BCUT2D eigenvalue weighted by Crippen LogP contribution is -2.32. The van der Waals surface area contributed by atoms with Gasteiger partial charge in [0.05, 0.1) is 0 Å². The van der Waals surface area contributed by atoms with Crippen LogP contribution in [0.15, 0.2) is 65.6 Å². The molecule has 152 valence electrons. The Balaban J connectivity index is 1.45. The Morgan fingerprint density at radius 3 is 2.53 bits per heavy atom. The first kappa shape index (κ1) is 19.3. The molecule has 0 radical (unpaired) electrons. The molecule has 0 aliphatic carbocycles. The lowest BCUT2D eigenvalue weighted by molar-refractivity contribution is -0.122. The van der Waals surface area contributed by atoms with Crippen LogP contribution in [0, 0.1) is 12.7 Å². The first-order valence-electron chi connectivity index (χ1n) is 9.29. The van der Waals surface area contributed by atoms with E-state index in [1.54, 1.807) is 24.4 Å². The largest absolute Gasteiger partial charge is 0.352 e. The number of anilines is 2. The van der Waals surface area contributed by atoms with E-state index in [0.717, 1.165) is 21.5 Å². The minimum absolute atomic E-state index is 0.184. The Kier molecular flexibility index (Phi) is 5.25. The van der Waals surface area contributed by atoms with Crippen LogP contribution in [0.4, 0.5) is 15.9 Å². The van der Waals surface area contributed by atoms with E-state index in [2.05, 4.69) is 20.7 Å². The van der Waals surface area contributed by atoms with Gasteiger partial charge in [0.15, 0.2) is 0 Å². The molecular formula is C21H19FN6O2. The highest BCUT2D eigenvalue weighted by atomic mass is 19.1. The molecule has 0 fully saturated rings. The molecule has 30 heavy (non-hydrogen) atoms. The number of nitrogens with one attached hydrogen (secondary N) is 2. The number of aromatic nitrogens is 4. The molecule has 0 unspecified atom stereocenters. The Hall–Kier alpha value is -4.01. The van der Waals surface area contributed by atoms with Gasteiger partial charge in [-0.2, -0.15) is 4.98 Å². The molecule has 0 aliphatic heterocycles. The zero-order chi connectivity index (χ0) is 21.1. The smallest absolute Gasteiger partial charge is 0.350 e. The second-order valence-corrected chi connectivity index (χ2v) is 6.82. The van der Waals surface area contributed by atoms with Gasteiger partial charge in [0.25, 0.3) is 5.78 Å². The monoisotopic (exact) mass is 406 g/mol. The summed E-state index contributed by atoms with van der Waals surface area (Å²) in [6.45, 7) is 1.98. The van der Waals surface area contributed by atoms with Crippen LogP contribution in [0.3, 0.4) is 0 Å². The maximum atomic E-state index is 12.9. The summed E-state index contributed by atoms with van der Waals surface area (Å²) < 4.78 is 15.3. The molecule has 0 saturated heterocycles. The van der Waals surface area contributed by atoms with E-state index in [1.807, 2.05) is 31.2 Å². The summed E-state index contributed by atoms with van der Waals surface area (Å²) in [7, 11) is 0. The van der Waals surface area contributed by atoms with Gasteiger partial charge in [0, 0.05) is 18.4 Å². The lowest BCUT2D eigenvalue weighted by atomic mass is 10.2. The molecule has 1 amide bonds. The van der Waals surface area contributed by atoms with E-state index in [-0.39, 0.29) is 30.6 Å². The van der Waals surface area contributed by atoms with E-state index >= 15 is 0 Å². The van der Waals surface area contributed by atoms with Gasteiger partial charge in [0.1, 0.15) is 18.2 Å². The highest BCUT2D eigenvalue weighted by Gasteiger charge is 2.12. The van der Waals surface area contributed by atoms with E-state index in [9.17, 15) is 14.0 Å².